The van der Waals surface area contributed by atoms with Gasteiger partial charge in [0, 0.05) is 17.6 Å². The number of benzene rings is 1. The predicted molar refractivity (Wildman–Crippen MR) is 75.0 cm³/mol. The Morgan fingerprint density at radius 3 is 2.40 bits per heavy atom. The van der Waals surface area contributed by atoms with E-state index in [0.29, 0.717) is 6.54 Å². The average molecular weight is 345 g/mol. The van der Waals surface area contributed by atoms with Crippen LogP contribution in [0, 0.1) is 28.9 Å². The summed E-state index contributed by atoms with van der Waals surface area (Å²) in [5.74, 6) is -2.41. The lowest BCUT2D eigenvalue weighted by Crippen LogP contribution is -2.36. The molecule has 1 amide bonds. The van der Waals surface area contributed by atoms with Crippen LogP contribution in [0.3, 0.4) is 0 Å². The van der Waals surface area contributed by atoms with Crippen LogP contribution in [0.15, 0.2) is 16.6 Å². The molecule has 0 fully saturated rings. The van der Waals surface area contributed by atoms with Gasteiger partial charge in [0.2, 0.25) is 0 Å². The van der Waals surface area contributed by atoms with Crippen molar-refractivity contribution >= 4 is 21.8 Å². The van der Waals surface area contributed by atoms with E-state index in [2.05, 4.69) is 15.9 Å². The van der Waals surface area contributed by atoms with Gasteiger partial charge in [-0.15, -0.1) is 0 Å². The number of nitrogens with zero attached hydrogens (tertiary/aromatic N) is 2. The van der Waals surface area contributed by atoms with Gasteiger partial charge in [-0.1, -0.05) is 29.8 Å². The molecule has 0 atom stereocenters. The van der Waals surface area contributed by atoms with Crippen LogP contribution in [0.4, 0.5) is 8.78 Å². The van der Waals surface area contributed by atoms with E-state index < -0.39 is 23.1 Å². The van der Waals surface area contributed by atoms with E-state index in [1.807, 2.05) is 19.9 Å². The Bertz CT molecular complexity index is 517. The molecule has 0 aliphatic carbocycles. The van der Waals surface area contributed by atoms with Crippen LogP contribution in [-0.4, -0.2) is 23.9 Å². The molecule has 1 rings (SSSR count). The monoisotopic (exact) mass is 344 g/mol. The maximum Gasteiger partial charge on any atom is 0.259 e. The third-order valence-electron chi connectivity index (χ3n) is 2.59. The molecule has 0 bridgehead atoms. The molecule has 0 saturated carbocycles. The fraction of sp³-hybridized carbons (Fsp3) is 0.429. The molecular formula is C14H15BrF2N2O. The second kappa shape index (κ2) is 7.34. The highest BCUT2D eigenvalue weighted by Crippen LogP contribution is 2.21. The van der Waals surface area contributed by atoms with E-state index in [-0.39, 0.29) is 23.4 Å². The molecule has 0 spiro atoms. The fourth-order valence-electron chi connectivity index (χ4n) is 1.81. The van der Waals surface area contributed by atoms with E-state index >= 15 is 0 Å². The highest BCUT2D eigenvalue weighted by molar-refractivity contribution is 9.10. The number of nitriles is 1. The molecule has 1 aromatic carbocycles. The van der Waals surface area contributed by atoms with Crippen LogP contribution < -0.4 is 0 Å². The van der Waals surface area contributed by atoms with Crippen molar-refractivity contribution in [2.75, 3.05) is 13.1 Å². The predicted octanol–water partition coefficient (Wildman–Crippen LogP) is 3.74. The number of carbonyl (C=O) groups excluding carboxylic acids is 1. The maximum absolute atomic E-state index is 13.8. The van der Waals surface area contributed by atoms with Crippen molar-refractivity contribution in [3.63, 3.8) is 0 Å². The van der Waals surface area contributed by atoms with Gasteiger partial charge < -0.3 is 4.90 Å². The summed E-state index contributed by atoms with van der Waals surface area (Å²) in [6.07, 6.45) is 0.123. The lowest BCUT2D eigenvalue weighted by Gasteiger charge is -2.24. The Kier molecular flexibility index (Phi) is 6.08. The van der Waals surface area contributed by atoms with Crippen LogP contribution in [0.5, 0.6) is 0 Å². The molecule has 6 heteroatoms. The molecule has 0 aliphatic heterocycles. The normalized spacial score (nSPS) is 10.4. The molecular weight excluding hydrogens is 330 g/mol. The third kappa shape index (κ3) is 4.27. The van der Waals surface area contributed by atoms with E-state index in [1.165, 1.54) is 4.90 Å². The van der Waals surface area contributed by atoms with Gasteiger partial charge in [0.1, 0.15) is 17.2 Å². The smallest absolute Gasteiger partial charge is 0.259 e. The van der Waals surface area contributed by atoms with Gasteiger partial charge in [-0.05, 0) is 18.1 Å². The van der Waals surface area contributed by atoms with Crippen molar-refractivity contribution in [1.29, 1.82) is 5.26 Å². The minimum absolute atomic E-state index is 0.123. The first-order valence-electron chi connectivity index (χ1n) is 6.17. The summed E-state index contributed by atoms with van der Waals surface area (Å²) in [7, 11) is 0. The van der Waals surface area contributed by atoms with E-state index in [0.717, 1.165) is 12.1 Å². The summed E-state index contributed by atoms with van der Waals surface area (Å²) in [5.41, 5.74) is -0.577. The zero-order chi connectivity index (χ0) is 15.3. The molecule has 0 heterocycles. The summed E-state index contributed by atoms with van der Waals surface area (Å²) >= 11 is 2.97. The first kappa shape index (κ1) is 16.6. The maximum atomic E-state index is 13.8. The van der Waals surface area contributed by atoms with Crippen LogP contribution in [0.25, 0.3) is 0 Å². The summed E-state index contributed by atoms with van der Waals surface area (Å²) < 4.78 is 27.8. The van der Waals surface area contributed by atoms with Crippen molar-refractivity contribution in [2.45, 2.75) is 20.3 Å². The average Bonchev–Trinajstić information content (AvgIpc) is 2.32. The summed E-state index contributed by atoms with van der Waals surface area (Å²) in [6, 6.07) is 4.03. The van der Waals surface area contributed by atoms with Gasteiger partial charge in [-0.3, -0.25) is 4.79 Å². The summed E-state index contributed by atoms with van der Waals surface area (Å²) in [4.78, 5) is 13.6. The molecule has 0 saturated heterocycles. The van der Waals surface area contributed by atoms with Gasteiger partial charge in [-0.25, -0.2) is 8.78 Å². The fourth-order valence-corrected chi connectivity index (χ4v) is 2.21. The Morgan fingerprint density at radius 1 is 1.40 bits per heavy atom. The minimum Gasteiger partial charge on any atom is -0.337 e. The number of halogens is 3. The number of hydrogen-bond acceptors (Lipinski definition) is 2. The van der Waals surface area contributed by atoms with E-state index in [1.54, 1.807) is 0 Å². The Balaban J connectivity index is 3.09. The molecule has 1 aromatic rings. The van der Waals surface area contributed by atoms with Gasteiger partial charge in [0.25, 0.3) is 5.91 Å². The lowest BCUT2D eigenvalue weighted by molar-refractivity contribution is 0.0730. The standard InChI is InChI=1S/C14H15BrF2N2O/c1-9(2)8-19(5-3-4-18)14(20)13-11(16)6-10(15)7-12(13)17/h6-7,9H,3,5,8H2,1-2H3. The molecule has 0 aliphatic rings. The Hall–Kier alpha value is -1.48. The zero-order valence-electron chi connectivity index (χ0n) is 11.3. The molecule has 108 valence electrons. The summed E-state index contributed by atoms with van der Waals surface area (Å²) in [6.45, 7) is 4.28. The van der Waals surface area contributed by atoms with Gasteiger partial charge >= 0.3 is 0 Å². The quantitative estimate of drug-likeness (QED) is 0.816. The van der Waals surface area contributed by atoms with Gasteiger partial charge in [0.05, 0.1) is 12.5 Å². The molecule has 0 N–H and O–H groups in total. The third-order valence-corrected chi connectivity index (χ3v) is 3.04. The zero-order valence-corrected chi connectivity index (χ0v) is 12.9. The second-order valence-corrected chi connectivity index (χ2v) is 5.71. The SMILES string of the molecule is CC(C)CN(CCC#N)C(=O)c1c(F)cc(Br)cc1F. The largest absolute Gasteiger partial charge is 0.337 e. The topological polar surface area (TPSA) is 44.1 Å². The number of hydrogen-bond donors (Lipinski definition) is 0. The highest BCUT2D eigenvalue weighted by Gasteiger charge is 2.24. The van der Waals surface area contributed by atoms with E-state index in [9.17, 15) is 13.6 Å². The van der Waals surface area contributed by atoms with Crippen LogP contribution in [0.1, 0.15) is 30.6 Å². The Morgan fingerprint density at radius 2 is 1.95 bits per heavy atom. The first-order valence-corrected chi connectivity index (χ1v) is 6.96. The number of carbonyl (C=O) groups is 1. The van der Waals surface area contributed by atoms with Crippen molar-refractivity contribution in [3.8, 4) is 6.07 Å². The van der Waals surface area contributed by atoms with E-state index in [4.69, 9.17) is 5.26 Å². The molecule has 0 aromatic heterocycles. The first-order chi connectivity index (χ1) is 9.36. The summed E-state index contributed by atoms with van der Waals surface area (Å²) in [5, 5.41) is 8.60. The highest BCUT2D eigenvalue weighted by atomic mass is 79.9. The van der Waals surface area contributed by atoms with Crippen molar-refractivity contribution in [1.82, 2.24) is 4.90 Å². The van der Waals surface area contributed by atoms with Crippen LogP contribution in [0.2, 0.25) is 0 Å². The molecule has 3 nitrogen and oxygen atoms in total. The van der Waals surface area contributed by atoms with Crippen LogP contribution in [-0.2, 0) is 0 Å². The Labute approximate surface area is 125 Å². The molecule has 0 radical (unpaired) electrons. The molecule has 0 unspecified atom stereocenters. The lowest BCUT2D eigenvalue weighted by atomic mass is 10.1. The van der Waals surface area contributed by atoms with Crippen molar-refractivity contribution < 1.29 is 13.6 Å². The van der Waals surface area contributed by atoms with Crippen molar-refractivity contribution in [2.24, 2.45) is 5.92 Å². The van der Waals surface area contributed by atoms with Gasteiger partial charge in [0.15, 0.2) is 0 Å². The second-order valence-electron chi connectivity index (χ2n) is 4.80. The van der Waals surface area contributed by atoms with Gasteiger partial charge in [-0.2, -0.15) is 5.26 Å². The molecule has 20 heavy (non-hydrogen) atoms. The van der Waals surface area contributed by atoms with Crippen molar-refractivity contribution in [3.05, 3.63) is 33.8 Å². The minimum atomic E-state index is -0.910. The van der Waals surface area contributed by atoms with Crippen LogP contribution >= 0.6 is 15.9 Å². The number of rotatable bonds is 5. The number of amides is 1.